The molecule has 96 valence electrons. The molecule has 2 N–H and O–H groups in total. The van der Waals surface area contributed by atoms with Crippen molar-refractivity contribution in [3.63, 3.8) is 0 Å². The molecule has 0 aliphatic rings. The molecular weight excluding hydrogens is 218 g/mol. The van der Waals surface area contributed by atoms with Crippen molar-refractivity contribution in [1.29, 1.82) is 0 Å². The molecule has 1 aromatic heterocycles. The van der Waals surface area contributed by atoms with Gasteiger partial charge >= 0.3 is 5.97 Å². The summed E-state index contributed by atoms with van der Waals surface area (Å²) in [7, 11) is 0. The molecule has 0 saturated heterocycles. The number of carbonyl (C=O) groups is 1. The van der Waals surface area contributed by atoms with Crippen LogP contribution in [0.5, 0.6) is 0 Å². The van der Waals surface area contributed by atoms with Crippen LogP contribution in [-0.2, 0) is 6.54 Å². The van der Waals surface area contributed by atoms with Crippen molar-refractivity contribution in [2.45, 2.75) is 47.2 Å². The van der Waals surface area contributed by atoms with Gasteiger partial charge in [0.1, 0.15) is 5.76 Å². The lowest BCUT2D eigenvalue weighted by molar-refractivity contribution is 0.0661. The van der Waals surface area contributed by atoms with E-state index >= 15 is 0 Å². The van der Waals surface area contributed by atoms with Crippen LogP contribution in [0.15, 0.2) is 10.5 Å². The maximum absolute atomic E-state index is 10.7. The highest BCUT2D eigenvalue weighted by atomic mass is 16.4. The van der Waals surface area contributed by atoms with Gasteiger partial charge in [-0.2, -0.15) is 0 Å². The number of carboxylic acid groups (broad SMARTS) is 1. The third kappa shape index (κ3) is 3.60. The third-order valence-electron chi connectivity index (χ3n) is 3.13. The molecule has 4 nitrogen and oxygen atoms in total. The van der Waals surface area contributed by atoms with E-state index in [4.69, 9.17) is 9.52 Å². The van der Waals surface area contributed by atoms with Gasteiger partial charge in [0.2, 0.25) is 5.76 Å². The Morgan fingerprint density at radius 2 is 2.12 bits per heavy atom. The van der Waals surface area contributed by atoms with Crippen LogP contribution in [-0.4, -0.2) is 17.1 Å². The standard InChI is InChI=1S/C13H21NO3/c1-8-10(6-11(17-8)12(15)16)7-14-9(2)13(3,4)5/h6,9,14H,7H2,1-5H3,(H,15,16). The van der Waals surface area contributed by atoms with E-state index in [9.17, 15) is 4.79 Å². The lowest BCUT2D eigenvalue weighted by Gasteiger charge is -2.28. The van der Waals surface area contributed by atoms with Gasteiger partial charge < -0.3 is 14.8 Å². The molecule has 0 bridgehead atoms. The predicted octanol–water partition coefficient (Wildman–Crippen LogP) is 2.81. The van der Waals surface area contributed by atoms with Gasteiger partial charge in [-0.15, -0.1) is 0 Å². The fraction of sp³-hybridized carbons (Fsp3) is 0.615. The topological polar surface area (TPSA) is 62.5 Å². The van der Waals surface area contributed by atoms with E-state index in [1.54, 1.807) is 13.0 Å². The third-order valence-corrected chi connectivity index (χ3v) is 3.13. The van der Waals surface area contributed by atoms with Crippen LogP contribution in [0.2, 0.25) is 0 Å². The predicted molar refractivity (Wildman–Crippen MR) is 66.2 cm³/mol. The van der Waals surface area contributed by atoms with E-state index in [0.29, 0.717) is 18.3 Å². The SMILES string of the molecule is Cc1oc(C(=O)O)cc1CNC(C)C(C)(C)C. The van der Waals surface area contributed by atoms with E-state index in [0.717, 1.165) is 5.56 Å². The maximum atomic E-state index is 10.7. The zero-order valence-corrected chi connectivity index (χ0v) is 11.1. The molecule has 1 atom stereocenters. The minimum Gasteiger partial charge on any atom is -0.475 e. The number of aryl methyl sites for hydroxylation is 1. The summed E-state index contributed by atoms with van der Waals surface area (Å²) in [5.74, 6) is -0.359. The van der Waals surface area contributed by atoms with E-state index in [-0.39, 0.29) is 11.2 Å². The molecule has 0 spiro atoms. The molecule has 0 radical (unpaired) electrons. The molecule has 1 aromatic rings. The normalized spacial score (nSPS) is 13.7. The van der Waals surface area contributed by atoms with Crippen LogP contribution in [0, 0.1) is 12.3 Å². The fourth-order valence-electron chi connectivity index (χ4n) is 1.37. The Labute approximate surface area is 102 Å². The van der Waals surface area contributed by atoms with Gasteiger partial charge in [-0.1, -0.05) is 20.8 Å². The first-order valence-corrected chi connectivity index (χ1v) is 5.78. The van der Waals surface area contributed by atoms with E-state index in [1.165, 1.54) is 0 Å². The van der Waals surface area contributed by atoms with Crippen molar-refractivity contribution in [2.75, 3.05) is 0 Å². The quantitative estimate of drug-likeness (QED) is 0.848. The zero-order chi connectivity index (χ0) is 13.2. The van der Waals surface area contributed by atoms with Crippen molar-refractivity contribution >= 4 is 5.97 Å². The molecular formula is C13H21NO3. The van der Waals surface area contributed by atoms with Crippen LogP contribution in [0.25, 0.3) is 0 Å². The van der Waals surface area contributed by atoms with Crippen molar-refractivity contribution in [3.05, 3.63) is 23.2 Å². The summed E-state index contributed by atoms with van der Waals surface area (Å²) >= 11 is 0. The Morgan fingerprint density at radius 3 is 2.53 bits per heavy atom. The molecule has 1 unspecified atom stereocenters. The van der Waals surface area contributed by atoms with Crippen molar-refractivity contribution in [3.8, 4) is 0 Å². The van der Waals surface area contributed by atoms with Crippen LogP contribution in [0.1, 0.15) is 49.6 Å². The van der Waals surface area contributed by atoms with E-state index in [1.807, 2.05) is 0 Å². The zero-order valence-electron chi connectivity index (χ0n) is 11.1. The molecule has 0 aliphatic carbocycles. The summed E-state index contributed by atoms with van der Waals surface area (Å²) in [5, 5.41) is 12.2. The highest BCUT2D eigenvalue weighted by molar-refractivity contribution is 5.84. The number of furan rings is 1. The van der Waals surface area contributed by atoms with Crippen molar-refractivity contribution < 1.29 is 14.3 Å². The molecule has 4 heteroatoms. The molecule has 1 heterocycles. The van der Waals surface area contributed by atoms with Gasteiger partial charge in [0.05, 0.1) is 0 Å². The summed E-state index contributed by atoms with van der Waals surface area (Å²) in [5.41, 5.74) is 1.08. The number of hydrogen-bond donors (Lipinski definition) is 2. The molecule has 0 saturated carbocycles. The summed E-state index contributed by atoms with van der Waals surface area (Å²) in [6.45, 7) is 11.0. The Hall–Kier alpha value is -1.29. The summed E-state index contributed by atoms with van der Waals surface area (Å²) in [4.78, 5) is 10.7. The molecule has 1 rings (SSSR count). The first kappa shape index (κ1) is 13.8. The molecule has 0 amide bonds. The van der Waals surface area contributed by atoms with E-state index < -0.39 is 5.97 Å². The minimum atomic E-state index is -1.02. The Bertz CT molecular complexity index is 401. The first-order chi connectivity index (χ1) is 7.71. The number of hydrogen-bond acceptors (Lipinski definition) is 3. The van der Waals surface area contributed by atoms with Gasteiger partial charge in [0.25, 0.3) is 0 Å². The highest BCUT2D eigenvalue weighted by Crippen LogP contribution is 2.20. The number of rotatable bonds is 4. The van der Waals surface area contributed by atoms with Gasteiger partial charge in [-0.3, -0.25) is 0 Å². The molecule has 0 aliphatic heterocycles. The number of carboxylic acids is 1. The summed E-state index contributed by atoms with van der Waals surface area (Å²) in [6, 6.07) is 1.92. The lowest BCUT2D eigenvalue weighted by atomic mass is 9.88. The smallest absolute Gasteiger partial charge is 0.371 e. The second-order valence-electron chi connectivity index (χ2n) is 5.47. The monoisotopic (exact) mass is 239 g/mol. The van der Waals surface area contributed by atoms with Crippen LogP contribution in [0.4, 0.5) is 0 Å². The summed E-state index contributed by atoms with van der Waals surface area (Å²) in [6.07, 6.45) is 0. The minimum absolute atomic E-state index is 0.00251. The van der Waals surface area contributed by atoms with Gasteiger partial charge in [-0.05, 0) is 25.3 Å². The first-order valence-electron chi connectivity index (χ1n) is 5.78. The lowest BCUT2D eigenvalue weighted by Crippen LogP contribution is -2.37. The van der Waals surface area contributed by atoms with Gasteiger partial charge in [0.15, 0.2) is 0 Å². The number of aromatic carboxylic acids is 1. The Balaban J connectivity index is 2.67. The maximum Gasteiger partial charge on any atom is 0.371 e. The van der Waals surface area contributed by atoms with Crippen LogP contribution >= 0.6 is 0 Å². The summed E-state index contributed by atoms with van der Waals surface area (Å²) < 4.78 is 5.15. The second-order valence-corrected chi connectivity index (χ2v) is 5.47. The van der Waals surface area contributed by atoms with Crippen LogP contribution < -0.4 is 5.32 Å². The average molecular weight is 239 g/mol. The highest BCUT2D eigenvalue weighted by Gasteiger charge is 2.20. The average Bonchev–Trinajstić information content (AvgIpc) is 2.55. The molecule has 17 heavy (non-hydrogen) atoms. The van der Waals surface area contributed by atoms with Crippen molar-refractivity contribution in [2.24, 2.45) is 5.41 Å². The fourth-order valence-corrected chi connectivity index (χ4v) is 1.37. The van der Waals surface area contributed by atoms with Gasteiger partial charge in [-0.25, -0.2) is 4.79 Å². The molecule has 0 fully saturated rings. The second kappa shape index (κ2) is 4.92. The van der Waals surface area contributed by atoms with E-state index in [2.05, 4.69) is 33.0 Å². The largest absolute Gasteiger partial charge is 0.475 e. The van der Waals surface area contributed by atoms with Crippen molar-refractivity contribution in [1.82, 2.24) is 5.32 Å². The Kier molecular flexibility index (Phi) is 3.98. The molecule has 0 aromatic carbocycles. The van der Waals surface area contributed by atoms with Crippen LogP contribution in [0.3, 0.4) is 0 Å². The number of nitrogens with one attached hydrogen (secondary N) is 1. The Morgan fingerprint density at radius 1 is 1.53 bits per heavy atom. The van der Waals surface area contributed by atoms with Gasteiger partial charge in [0, 0.05) is 18.2 Å².